The number of hydrogen-bond acceptors (Lipinski definition) is 4. The number of halogens is 1. The normalized spacial score (nSPS) is 9.68. The number of aromatic nitrogens is 1. The van der Waals surface area contributed by atoms with Gasteiger partial charge in [0, 0.05) is 17.3 Å². The van der Waals surface area contributed by atoms with Crippen molar-refractivity contribution in [2.24, 2.45) is 0 Å². The molecule has 5 nitrogen and oxygen atoms in total. The highest BCUT2D eigenvalue weighted by Crippen LogP contribution is 2.28. The molecule has 0 spiro atoms. The summed E-state index contributed by atoms with van der Waals surface area (Å²) in [5.41, 5.74) is 0.151. The fourth-order valence-corrected chi connectivity index (χ4v) is 1.58. The fourth-order valence-electron chi connectivity index (χ4n) is 1.42. The highest BCUT2D eigenvalue weighted by molar-refractivity contribution is 6.30. The highest BCUT2D eigenvalue weighted by atomic mass is 35.5. The monoisotopic (exact) mass is 274 g/mol. The molecule has 19 heavy (non-hydrogen) atoms. The maximum absolute atomic E-state index is 11.1. The minimum atomic E-state index is -1.15. The summed E-state index contributed by atoms with van der Waals surface area (Å²) >= 11 is 5.80. The van der Waals surface area contributed by atoms with Crippen LogP contribution < -0.4 is 4.74 Å². The largest absolute Gasteiger partial charge is 0.478 e. The zero-order chi connectivity index (χ0) is 13.8. The van der Waals surface area contributed by atoms with E-state index in [0.29, 0.717) is 5.02 Å². The number of pyridine rings is 1. The van der Waals surface area contributed by atoms with Crippen LogP contribution >= 0.6 is 11.6 Å². The van der Waals surface area contributed by atoms with Gasteiger partial charge in [0.05, 0.1) is 0 Å². The van der Waals surface area contributed by atoms with Gasteiger partial charge in [-0.1, -0.05) is 11.6 Å². The third kappa shape index (κ3) is 2.81. The lowest BCUT2D eigenvalue weighted by atomic mass is 10.2. The summed E-state index contributed by atoms with van der Waals surface area (Å²) < 4.78 is 5.37. The van der Waals surface area contributed by atoms with Crippen LogP contribution in [0.4, 0.5) is 0 Å². The second-order valence-corrected chi connectivity index (χ2v) is 3.95. The van der Waals surface area contributed by atoms with Gasteiger partial charge < -0.3 is 9.84 Å². The summed E-state index contributed by atoms with van der Waals surface area (Å²) in [5, 5.41) is 18.3. The Morgan fingerprint density at radius 1 is 1.42 bits per heavy atom. The number of carboxylic acid groups (broad SMARTS) is 1. The zero-order valence-corrected chi connectivity index (χ0v) is 10.3. The minimum absolute atomic E-state index is 0.0368. The van der Waals surface area contributed by atoms with E-state index in [4.69, 9.17) is 26.7 Å². The van der Waals surface area contributed by atoms with Crippen LogP contribution in [0.15, 0.2) is 36.5 Å². The molecule has 0 aliphatic heterocycles. The molecule has 1 N–H and O–H groups in total. The van der Waals surface area contributed by atoms with Crippen LogP contribution in [0, 0.1) is 11.3 Å². The van der Waals surface area contributed by atoms with Gasteiger partial charge in [-0.2, -0.15) is 5.26 Å². The van der Waals surface area contributed by atoms with Crippen LogP contribution in [0.3, 0.4) is 0 Å². The Kier molecular flexibility index (Phi) is 3.64. The summed E-state index contributed by atoms with van der Waals surface area (Å²) in [6.07, 6.45) is 1.45. The second-order valence-electron chi connectivity index (χ2n) is 3.52. The van der Waals surface area contributed by atoms with Crippen molar-refractivity contribution in [3.8, 4) is 17.7 Å². The summed E-state index contributed by atoms with van der Waals surface area (Å²) in [5.74, 6) is -1.08. The first-order valence-electron chi connectivity index (χ1n) is 5.17. The first-order chi connectivity index (χ1) is 9.11. The van der Waals surface area contributed by atoms with Crippen molar-refractivity contribution in [1.29, 1.82) is 5.26 Å². The van der Waals surface area contributed by atoms with E-state index in [1.807, 2.05) is 6.07 Å². The van der Waals surface area contributed by atoms with Crippen LogP contribution in [0.25, 0.3) is 0 Å². The molecular formula is C13H7ClN2O3. The quantitative estimate of drug-likeness (QED) is 0.930. The van der Waals surface area contributed by atoms with Gasteiger partial charge >= 0.3 is 5.97 Å². The third-order valence-electron chi connectivity index (χ3n) is 2.27. The predicted molar refractivity (Wildman–Crippen MR) is 67.4 cm³/mol. The first-order valence-corrected chi connectivity index (χ1v) is 5.55. The number of hydrogen-bond donors (Lipinski definition) is 1. The molecule has 0 radical (unpaired) electrons. The summed E-state index contributed by atoms with van der Waals surface area (Å²) in [6, 6.07) is 9.15. The van der Waals surface area contributed by atoms with Crippen LogP contribution in [-0.2, 0) is 0 Å². The summed E-state index contributed by atoms with van der Waals surface area (Å²) in [4.78, 5) is 15.0. The van der Waals surface area contributed by atoms with Crippen molar-refractivity contribution in [1.82, 2.24) is 4.98 Å². The number of carboxylic acids is 1. The molecule has 0 amide bonds. The molecule has 0 aliphatic carbocycles. The Bertz CT molecular complexity index is 680. The average molecular weight is 275 g/mol. The van der Waals surface area contributed by atoms with Gasteiger partial charge in [0.15, 0.2) is 0 Å². The topological polar surface area (TPSA) is 83.2 Å². The number of carbonyl (C=O) groups is 1. The predicted octanol–water partition coefficient (Wildman–Crippen LogP) is 3.10. The molecule has 0 atom stereocenters. The average Bonchev–Trinajstić information content (AvgIpc) is 2.39. The minimum Gasteiger partial charge on any atom is -0.478 e. The molecule has 2 rings (SSSR count). The van der Waals surface area contributed by atoms with E-state index < -0.39 is 5.97 Å². The van der Waals surface area contributed by atoms with Gasteiger partial charge in [-0.15, -0.1) is 0 Å². The summed E-state index contributed by atoms with van der Waals surface area (Å²) in [7, 11) is 0. The van der Waals surface area contributed by atoms with Crippen molar-refractivity contribution in [3.05, 3.63) is 52.7 Å². The Morgan fingerprint density at radius 3 is 2.89 bits per heavy atom. The molecule has 0 saturated heterocycles. The third-order valence-corrected chi connectivity index (χ3v) is 2.51. The van der Waals surface area contributed by atoms with Crippen molar-refractivity contribution in [2.75, 3.05) is 0 Å². The Labute approximate surface area is 113 Å². The van der Waals surface area contributed by atoms with Crippen molar-refractivity contribution < 1.29 is 14.6 Å². The standard InChI is InChI=1S/C13H7ClN2O3/c14-9-3-4-10(13(17)18)11(6-9)19-12-8(7-15)2-1-5-16-12/h1-6H,(H,17,18). The molecule has 0 bridgehead atoms. The van der Waals surface area contributed by atoms with Gasteiger partial charge in [-0.05, 0) is 24.3 Å². The molecule has 0 aliphatic rings. The molecule has 2 aromatic rings. The lowest BCUT2D eigenvalue weighted by Crippen LogP contribution is -2.01. The van der Waals surface area contributed by atoms with E-state index in [2.05, 4.69) is 4.98 Å². The van der Waals surface area contributed by atoms with Gasteiger partial charge in [0.25, 0.3) is 0 Å². The Balaban J connectivity index is 2.46. The van der Waals surface area contributed by atoms with Crippen LogP contribution in [0.1, 0.15) is 15.9 Å². The van der Waals surface area contributed by atoms with Crippen LogP contribution in [-0.4, -0.2) is 16.1 Å². The molecule has 6 heteroatoms. The number of nitrogens with zero attached hydrogens (tertiary/aromatic N) is 2. The van der Waals surface area contributed by atoms with E-state index >= 15 is 0 Å². The molecular weight excluding hydrogens is 268 g/mol. The summed E-state index contributed by atoms with van der Waals surface area (Å²) in [6.45, 7) is 0. The van der Waals surface area contributed by atoms with Crippen molar-refractivity contribution in [2.45, 2.75) is 0 Å². The molecule has 0 saturated carbocycles. The van der Waals surface area contributed by atoms with Gasteiger partial charge in [0.1, 0.15) is 22.9 Å². The lowest BCUT2D eigenvalue weighted by Gasteiger charge is -2.09. The SMILES string of the molecule is N#Cc1cccnc1Oc1cc(Cl)ccc1C(=O)O. The Hall–Kier alpha value is -2.58. The van der Waals surface area contributed by atoms with Gasteiger partial charge in [-0.3, -0.25) is 0 Å². The Morgan fingerprint density at radius 2 is 2.21 bits per heavy atom. The number of benzene rings is 1. The zero-order valence-electron chi connectivity index (χ0n) is 9.50. The number of aromatic carboxylic acids is 1. The highest BCUT2D eigenvalue weighted by Gasteiger charge is 2.14. The molecule has 1 aromatic carbocycles. The number of ether oxygens (including phenoxy) is 1. The van der Waals surface area contributed by atoms with E-state index in [1.54, 1.807) is 6.07 Å². The van der Waals surface area contributed by atoms with Gasteiger partial charge in [-0.25, -0.2) is 9.78 Å². The van der Waals surface area contributed by atoms with E-state index in [9.17, 15) is 4.79 Å². The number of rotatable bonds is 3. The maximum Gasteiger partial charge on any atom is 0.339 e. The van der Waals surface area contributed by atoms with Crippen molar-refractivity contribution >= 4 is 17.6 Å². The van der Waals surface area contributed by atoms with Gasteiger partial charge in [0.2, 0.25) is 5.88 Å². The smallest absolute Gasteiger partial charge is 0.339 e. The lowest BCUT2D eigenvalue weighted by molar-refractivity contribution is 0.0694. The molecule has 1 aromatic heterocycles. The molecule has 0 fully saturated rings. The van der Waals surface area contributed by atoms with E-state index in [1.165, 1.54) is 30.5 Å². The number of nitriles is 1. The molecule has 1 heterocycles. The molecule has 0 unspecified atom stereocenters. The first kappa shape index (κ1) is 12.9. The fraction of sp³-hybridized carbons (Fsp3) is 0. The van der Waals surface area contributed by atoms with Crippen molar-refractivity contribution in [3.63, 3.8) is 0 Å². The van der Waals surface area contributed by atoms with Crippen LogP contribution in [0.2, 0.25) is 5.02 Å². The van der Waals surface area contributed by atoms with E-state index in [0.717, 1.165) is 0 Å². The molecule has 94 valence electrons. The second kappa shape index (κ2) is 5.38. The van der Waals surface area contributed by atoms with E-state index in [-0.39, 0.29) is 22.8 Å². The van der Waals surface area contributed by atoms with Crippen LogP contribution in [0.5, 0.6) is 11.6 Å². The maximum atomic E-state index is 11.1.